The zero-order valence-corrected chi connectivity index (χ0v) is 16.8. The van der Waals surface area contributed by atoms with Gasteiger partial charge in [0.15, 0.2) is 5.11 Å². The van der Waals surface area contributed by atoms with Crippen LogP contribution in [0.4, 0.5) is 0 Å². The molecule has 0 spiro atoms. The summed E-state index contributed by atoms with van der Waals surface area (Å²) in [6.45, 7) is 3.39. The van der Waals surface area contributed by atoms with E-state index in [1.807, 2.05) is 30.3 Å². The fourth-order valence-electron chi connectivity index (χ4n) is 4.06. The summed E-state index contributed by atoms with van der Waals surface area (Å²) < 4.78 is 0. The minimum atomic E-state index is -0.0651. The van der Waals surface area contributed by atoms with Crippen LogP contribution in [0.15, 0.2) is 30.3 Å². The average molecular weight is 388 g/mol. The molecule has 0 bridgehead atoms. The number of hydrogen-bond donors (Lipinski definition) is 2. The number of rotatable bonds is 7. The Hall–Kier alpha value is -1.95. The van der Waals surface area contributed by atoms with Gasteiger partial charge in [0, 0.05) is 25.0 Å². The van der Waals surface area contributed by atoms with Crippen molar-refractivity contribution in [3.63, 3.8) is 0 Å². The van der Waals surface area contributed by atoms with Crippen LogP contribution in [-0.2, 0) is 16.1 Å². The topological polar surface area (TPSA) is 61.4 Å². The molecule has 27 heavy (non-hydrogen) atoms. The van der Waals surface area contributed by atoms with Crippen LogP contribution in [0.1, 0.15) is 51.0 Å². The molecule has 2 fully saturated rings. The zero-order valence-electron chi connectivity index (χ0n) is 15.9. The lowest BCUT2D eigenvalue weighted by atomic mass is 9.76. The SMILES string of the molecule is CCCCCN1C(=O)C2CCC(C(=O)NCc3ccccc3)CC2NC1=S. The Morgan fingerprint density at radius 1 is 1.26 bits per heavy atom. The molecule has 146 valence electrons. The molecular weight excluding hydrogens is 358 g/mol. The van der Waals surface area contributed by atoms with Gasteiger partial charge >= 0.3 is 0 Å². The van der Waals surface area contributed by atoms with Gasteiger partial charge < -0.3 is 10.6 Å². The molecule has 1 aliphatic carbocycles. The Labute approximate surface area is 166 Å². The second kappa shape index (κ2) is 9.31. The number of nitrogens with zero attached hydrogens (tertiary/aromatic N) is 1. The molecule has 1 aromatic carbocycles. The van der Waals surface area contributed by atoms with Gasteiger partial charge in [-0.3, -0.25) is 14.5 Å². The molecule has 1 saturated heterocycles. The number of thiocarbonyl (C=S) groups is 1. The maximum absolute atomic E-state index is 12.8. The molecule has 5 nitrogen and oxygen atoms in total. The zero-order chi connectivity index (χ0) is 19.2. The molecule has 1 aliphatic heterocycles. The van der Waals surface area contributed by atoms with Crippen LogP contribution in [-0.4, -0.2) is 34.4 Å². The monoisotopic (exact) mass is 387 g/mol. The first-order chi connectivity index (χ1) is 13.1. The smallest absolute Gasteiger partial charge is 0.233 e. The second-order valence-electron chi connectivity index (χ2n) is 7.57. The lowest BCUT2D eigenvalue weighted by molar-refractivity contribution is -0.137. The van der Waals surface area contributed by atoms with E-state index in [9.17, 15) is 9.59 Å². The summed E-state index contributed by atoms with van der Waals surface area (Å²) in [6.07, 6.45) is 5.36. The van der Waals surface area contributed by atoms with E-state index in [1.165, 1.54) is 0 Å². The molecule has 3 rings (SSSR count). The minimum absolute atomic E-state index is 0.0198. The number of carbonyl (C=O) groups excluding carboxylic acids is 2. The van der Waals surface area contributed by atoms with Crippen LogP contribution in [0.3, 0.4) is 0 Å². The minimum Gasteiger partial charge on any atom is -0.359 e. The summed E-state index contributed by atoms with van der Waals surface area (Å²) in [5.74, 6) is 0.0899. The Morgan fingerprint density at radius 2 is 2.04 bits per heavy atom. The second-order valence-corrected chi connectivity index (χ2v) is 7.96. The van der Waals surface area contributed by atoms with Gasteiger partial charge in [-0.25, -0.2) is 0 Å². The Morgan fingerprint density at radius 3 is 2.78 bits per heavy atom. The third kappa shape index (κ3) is 4.86. The van der Waals surface area contributed by atoms with Gasteiger partial charge in [0.1, 0.15) is 0 Å². The number of carbonyl (C=O) groups is 2. The quantitative estimate of drug-likeness (QED) is 0.558. The van der Waals surface area contributed by atoms with Crippen molar-refractivity contribution in [3.8, 4) is 0 Å². The summed E-state index contributed by atoms with van der Waals surface area (Å²) in [5.41, 5.74) is 1.09. The first-order valence-electron chi connectivity index (χ1n) is 10.0. The molecule has 6 heteroatoms. The van der Waals surface area contributed by atoms with Gasteiger partial charge in [0.05, 0.1) is 5.92 Å². The fraction of sp³-hybridized carbons (Fsp3) is 0.571. The number of fused-ring (bicyclic) bond motifs is 1. The summed E-state index contributed by atoms with van der Waals surface area (Å²) in [6, 6.07) is 9.89. The van der Waals surface area contributed by atoms with Gasteiger partial charge in [-0.2, -0.15) is 0 Å². The number of hydrogen-bond acceptors (Lipinski definition) is 3. The van der Waals surface area contributed by atoms with Gasteiger partial charge in [-0.05, 0) is 43.5 Å². The first kappa shape index (κ1) is 19.8. The van der Waals surface area contributed by atoms with E-state index in [0.29, 0.717) is 24.6 Å². The number of amides is 2. The Bertz CT molecular complexity index is 679. The largest absolute Gasteiger partial charge is 0.359 e. The number of unbranched alkanes of at least 4 members (excludes halogenated alkanes) is 2. The van der Waals surface area contributed by atoms with E-state index in [-0.39, 0.29) is 29.7 Å². The van der Waals surface area contributed by atoms with Crippen molar-refractivity contribution < 1.29 is 9.59 Å². The van der Waals surface area contributed by atoms with Crippen molar-refractivity contribution in [2.24, 2.45) is 11.8 Å². The third-order valence-corrected chi connectivity index (χ3v) is 5.99. The molecule has 0 radical (unpaired) electrons. The molecule has 1 saturated carbocycles. The highest BCUT2D eigenvalue weighted by atomic mass is 32.1. The third-order valence-electron chi connectivity index (χ3n) is 5.65. The summed E-state index contributed by atoms with van der Waals surface area (Å²) >= 11 is 5.43. The van der Waals surface area contributed by atoms with Crippen LogP contribution < -0.4 is 10.6 Å². The van der Waals surface area contributed by atoms with Crippen LogP contribution in [0, 0.1) is 11.8 Å². The predicted molar refractivity (Wildman–Crippen MR) is 110 cm³/mol. The maximum atomic E-state index is 12.8. The molecule has 0 aromatic heterocycles. The first-order valence-corrected chi connectivity index (χ1v) is 10.4. The lowest BCUT2D eigenvalue weighted by Crippen LogP contribution is -2.62. The molecule has 2 amide bonds. The number of nitrogens with one attached hydrogen (secondary N) is 2. The van der Waals surface area contributed by atoms with E-state index >= 15 is 0 Å². The van der Waals surface area contributed by atoms with Gasteiger partial charge in [0.2, 0.25) is 11.8 Å². The van der Waals surface area contributed by atoms with E-state index in [4.69, 9.17) is 12.2 Å². The highest BCUT2D eigenvalue weighted by Gasteiger charge is 2.43. The summed E-state index contributed by atoms with van der Waals surface area (Å²) in [4.78, 5) is 27.2. The van der Waals surface area contributed by atoms with Crippen molar-refractivity contribution in [1.29, 1.82) is 0 Å². The Kier molecular flexibility index (Phi) is 6.83. The van der Waals surface area contributed by atoms with Crippen molar-refractivity contribution in [1.82, 2.24) is 15.5 Å². The van der Waals surface area contributed by atoms with Crippen molar-refractivity contribution in [2.75, 3.05) is 6.54 Å². The number of benzene rings is 1. The molecule has 3 atom stereocenters. The van der Waals surface area contributed by atoms with E-state index < -0.39 is 0 Å². The lowest BCUT2D eigenvalue weighted by Gasteiger charge is -2.43. The van der Waals surface area contributed by atoms with Crippen LogP contribution >= 0.6 is 12.2 Å². The molecule has 1 aromatic rings. The highest BCUT2D eigenvalue weighted by molar-refractivity contribution is 7.80. The van der Waals surface area contributed by atoms with E-state index in [1.54, 1.807) is 4.90 Å². The van der Waals surface area contributed by atoms with Gasteiger partial charge in [-0.15, -0.1) is 0 Å². The molecular formula is C21H29N3O2S. The molecule has 1 heterocycles. The average Bonchev–Trinajstić information content (AvgIpc) is 2.69. The highest BCUT2D eigenvalue weighted by Crippen LogP contribution is 2.33. The molecule has 2 N–H and O–H groups in total. The van der Waals surface area contributed by atoms with Crippen molar-refractivity contribution >= 4 is 29.1 Å². The summed E-state index contributed by atoms with van der Waals surface area (Å²) in [5, 5.41) is 6.91. The van der Waals surface area contributed by atoms with Crippen LogP contribution in [0.5, 0.6) is 0 Å². The van der Waals surface area contributed by atoms with Crippen molar-refractivity contribution in [3.05, 3.63) is 35.9 Å². The van der Waals surface area contributed by atoms with Gasteiger partial charge in [0.25, 0.3) is 0 Å². The Balaban J connectivity index is 1.53. The molecule has 2 aliphatic rings. The van der Waals surface area contributed by atoms with Gasteiger partial charge in [-0.1, -0.05) is 50.1 Å². The fourth-order valence-corrected chi connectivity index (χ4v) is 4.39. The predicted octanol–water partition coefficient (Wildman–Crippen LogP) is 2.99. The normalized spacial score (nSPS) is 24.9. The van der Waals surface area contributed by atoms with E-state index in [2.05, 4.69) is 17.6 Å². The van der Waals surface area contributed by atoms with Crippen LogP contribution in [0.25, 0.3) is 0 Å². The molecule has 3 unspecified atom stereocenters. The van der Waals surface area contributed by atoms with E-state index in [0.717, 1.165) is 37.7 Å². The maximum Gasteiger partial charge on any atom is 0.233 e. The van der Waals surface area contributed by atoms with Crippen molar-refractivity contribution in [2.45, 2.75) is 58.0 Å². The van der Waals surface area contributed by atoms with Crippen LogP contribution in [0.2, 0.25) is 0 Å². The standard InChI is InChI=1S/C21H29N3O2S/c1-2-3-7-12-24-20(26)17-11-10-16(13-18(17)23-21(24)27)19(25)22-14-15-8-5-4-6-9-15/h4-6,8-9,16-18H,2-3,7,10-14H2,1H3,(H,22,25)(H,23,27). The summed E-state index contributed by atoms with van der Waals surface area (Å²) in [7, 11) is 0.